The van der Waals surface area contributed by atoms with Crippen LogP contribution >= 0.6 is 12.4 Å². The number of hydrogen-bond acceptors (Lipinski definition) is 6. The van der Waals surface area contributed by atoms with Gasteiger partial charge in [0.25, 0.3) is 0 Å². The molecule has 7 heteroatoms. The van der Waals surface area contributed by atoms with Crippen molar-refractivity contribution in [2.75, 3.05) is 0 Å². The minimum absolute atomic E-state index is 0. The minimum Gasteiger partial charge on any atom is -0.395 e. The van der Waals surface area contributed by atoms with Gasteiger partial charge in [-0.2, -0.15) is 0 Å². The summed E-state index contributed by atoms with van der Waals surface area (Å²) in [6.07, 6.45) is 0.819. The lowest BCUT2D eigenvalue weighted by atomic mass is 10.4. The maximum absolute atomic E-state index is 5.36. The first-order valence-corrected chi connectivity index (χ1v) is 2.71. The van der Waals surface area contributed by atoms with Crippen LogP contribution in [-0.4, -0.2) is 17.1 Å². The predicted molar refractivity (Wildman–Crippen MR) is 45.1 cm³/mol. The highest BCUT2D eigenvalue weighted by atomic mass is 35.5. The largest absolute Gasteiger partial charge is 0.395 e. The highest BCUT2D eigenvalue weighted by Gasteiger charge is 2.12. The number of aliphatic imine (C=N–C) groups is 1. The maximum Gasteiger partial charge on any atom is 0.188 e. The van der Waals surface area contributed by atoms with Crippen LogP contribution in [0.1, 0.15) is 0 Å². The number of nitrogens with zero attached hydrogens (tertiary/aromatic N) is 2. The molecule has 0 amide bonds. The molecule has 1 atom stereocenters. The van der Waals surface area contributed by atoms with Gasteiger partial charge in [-0.05, 0) is 0 Å². The zero-order chi connectivity index (χ0) is 7.72. The summed E-state index contributed by atoms with van der Waals surface area (Å²) >= 11 is 0. The van der Waals surface area contributed by atoms with Crippen LogP contribution in [0.4, 0.5) is 0 Å². The van der Waals surface area contributed by atoms with Gasteiger partial charge in [0.2, 0.25) is 0 Å². The summed E-state index contributed by atoms with van der Waals surface area (Å²) in [6, 6.07) is 0. The molecule has 1 unspecified atom stereocenters. The Hall–Kier alpha value is -0.980. The van der Waals surface area contributed by atoms with E-state index in [0.717, 1.165) is 0 Å². The first kappa shape index (κ1) is 10.0. The van der Waals surface area contributed by atoms with Gasteiger partial charge in [0.1, 0.15) is 5.84 Å². The van der Waals surface area contributed by atoms with Crippen molar-refractivity contribution >= 4 is 18.2 Å². The SMILES string of the molecule is Cl.NC1=CN(N)C(N)N=C1N. The van der Waals surface area contributed by atoms with Crippen LogP contribution in [-0.2, 0) is 0 Å². The zero-order valence-corrected chi connectivity index (χ0v) is 6.58. The smallest absolute Gasteiger partial charge is 0.188 e. The Labute approximate surface area is 70.3 Å². The van der Waals surface area contributed by atoms with Crippen molar-refractivity contribution in [3.05, 3.63) is 11.9 Å². The molecular weight excluding hydrogens is 168 g/mol. The van der Waals surface area contributed by atoms with Gasteiger partial charge in [0.15, 0.2) is 6.29 Å². The van der Waals surface area contributed by atoms with E-state index in [1.54, 1.807) is 0 Å². The molecule has 1 rings (SSSR count). The Balaban J connectivity index is 0.000001000. The topological polar surface area (TPSA) is 120 Å². The molecule has 0 radical (unpaired) electrons. The van der Waals surface area contributed by atoms with Crippen LogP contribution in [0, 0.1) is 0 Å². The van der Waals surface area contributed by atoms with E-state index in [1.165, 1.54) is 11.2 Å². The van der Waals surface area contributed by atoms with Crippen molar-refractivity contribution in [2.24, 2.45) is 28.0 Å². The third kappa shape index (κ3) is 1.97. The first-order chi connectivity index (χ1) is 4.61. The van der Waals surface area contributed by atoms with Crippen molar-refractivity contribution in [1.29, 1.82) is 0 Å². The van der Waals surface area contributed by atoms with Crippen LogP contribution in [0.3, 0.4) is 0 Å². The van der Waals surface area contributed by atoms with Gasteiger partial charge >= 0.3 is 0 Å². The summed E-state index contributed by atoms with van der Waals surface area (Å²) < 4.78 is 0. The summed E-state index contributed by atoms with van der Waals surface area (Å²) in [5.74, 6) is 5.55. The van der Waals surface area contributed by atoms with E-state index in [9.17, 15) is 0 Å². The average molecular weight is 179 g/mol. The van der Waals surface area contributed by atoms with E-state index in [2.05, 4.69) is 4.99 Å². The molecule has 0 bridgehead atoms. The fourth-order valence-corrected chi connectivity index (χ4v) is 0.587. The molecule has 8 N–H and O–H groups in total. The van der Waals surface area contributed by atoms with Crippen molar-refractivity contribution in [2.45, 2.75) is 6.29 Å². The van der Waals surface area contributed by atoms with E-state index >= 15 is 0 Å². The van der Waals surface area contributed by atoms with E-state index in [1.807, 2.05) is 0 Å². The standard InChI is InChI=1S/C4H10N6.ClH/c5-2-1-10(8)4(7)9-3(2)6;/h1,4H,5,7-8H2,(H2,6,9);1H. The number of nitrogens with two attached hydrogens (primary N) is 4. The van der Waals surface area contributed by atoms with Crippen LogP contribution in [0.15, 0.2) is 16.9 Å². The molecule has 0 aromatic heterocycles. The molecule has 1 aliphatic rings. The van der Waals surface area contributed by atoms with Gasteiger partial charge < -0.3 is 11.5 Å². The summed E-state index contributed by atoms with van der Waals surface area (Å²) in [4.78, 5) is 3.72. The summed E-state index contributed by atoms with van der Waals surface area (Å²) in [6.45, 7) is 0. The summed E-state index contributed by atoms with van der Waals surface area (Å²) in [5, 5.41) is 1.19. The Morgan fingerprint density at radius 1 is 1.45 bits per heavy atom. The van der Waals surface area contributed by atoms with Crippen LogP contribution in [0.25, 0.3) is 0 Å². The average Bonchev–Trinajstić information content (AvgIpc) is 1.84. The van der Waals surface area contributed by atoms with Crippen LogP contribution in [0.5, 0.6) is 0 Å². The molecule has 0 saturated heterocycles. The predicted octanol–water partition coefficient (Wildman–Crippen LogP) is -2.00. The Morgan fingerprint density at radius 2 is 2.00 bits per heavy atom. The van der Waals surface area contributed by atoms with Crippen molar-refractivity contribution in [3.63, 3.8) is 0 Å². The van der Waals surface area contributed by atoms with Crippen LogP contribution in [0.2, 0.25) is 0 Å². The number of hydrazine groups is 1. The lowest BCUT2D eigenvalue weighted by Gasteiger charge is -2.23. The van der Waals surface area contributed by atoms with E-state index in [-0.39, 0.29) is 18.2 Å². The van der Waals surface area contributed by atoms with Crippen molar-refractivity contribution in [3.8, 4) is 0 Å². The van der Waals surface area contributed by atoms with Gasteiger partial charge in [-0.3, -0.25) is 10.7 Å². The number of amidine groups is 1. The van der Waals surface area contributed by atoms with Gasteiger partial charge in [-0.15, -0.1) is 12.4 Å². The molecule has 11 heavy (non-hydrogen) atoms. The normalized spacial score (nSPS) is 23.5. The fraction of sp³-hybridized carbons (Fsp3) is 0.250. The molecule has 1 aliphatic heterocycles. The molecule has 0 saturated carbocycles. The van der Waals surface area contributed by atoms with E-state index in [4.69, 9.17) is 23.0 Å². The van der Waals surface area contributed by atoms with Crippen LogP contribution < -0.4 is 23.0 Å². The van der Waals surface area contributed by atoms with E-state index < -0.39 is 6.29 Å². The molecule has 0 aromatic carbocycles. The molecule has 1 heterocycles. The van der Waals surface area contributed by atoms with E-state index in [0.29, 0.717) is 5.70 Å². The third-order valence-electron chi connectivity index (χ3n) is 1.16. The van der Waals surface area contributed by atoms with Gasteiger partial charge in [-0.1, -0.05) is 0 Å². The maximum atomic E-state index is 5.36. The lowest BCUT2D eigenvalue weighted by molar-refractivity contribution is 0.292. The quantitative estimate of drug-likeness (QED) is 0.320. The van der Waals surface area contributed by atoms with Crippen molar-refractivity contribution < 1.29 is 0 Å². The second-order valence-electron chi connectivity index (χ2n) is 1.96. The van der Waals surface area contributed by atoms with Gasteiger partial charge in [0, 0.05) is 6.20 Å². The Kier molecular flexibility index (Phi) is 3.12. The molecular formula is C4H11ClN6. The number of halogens is 1. The highest BCUT2D eigenvalue weighted by molar-refractivity contribution is 5.96. The zero-order valence-electron chi connectivity index (χ0n) is 5.77. The lowest BCUT2D eigenvalue weighted by Crippen LogP contribution is -2.47. The molecule has 0 aromatic rings. The minimum atomic E-state index is -0.618. The Morgan fingerprint density at radius 3 is 2.45 bits per heavy atom. The molecule has 0 fully saturated rings. The summed E-state index contributed by atoms with van der Waals surface area (Å²) in [5.41, 5.74) is 16.4. The summed E-state index contributed by atoms with van der Waals surface area (Å²) in [7, 11) is 0. The highest BCUT2D eigenvalue weighted by Crippen LogP contribution is 1.99. The third-order valence-corrected chi connectivity index (χ3v) is 1.16. The second-order valence-corrected chi connectivity index (χ2v) is 1.96. The molecule has 0 spiro atoms. The Bertz CT molecular complexity index is 177. The molecule has 0 aliphatic carbocycles. The number of hydrogen-bond donors (Lipinski definition) is 4. The fourth-order valence-electron chi connectivity index (χ4n) is 0.587. The monoisotopic (exact) mass is 178 g/mol. The second kappa shape index (κ2) is 3.42. The molecule has 64 valence electrons. The van der Waals surface area contributed by atoms with Gasteiger partial charge in [-0.25, -0.2) is 10.8 Å². The molecule has 6 nitrogen and oxygen atoms in total. The first-order valence-electron chi connectivity index (χ1n) is 2.71. The van der Waals surface area contributed by atoms with Gasteiger partial charge in [0.05, 0.1) is 5.70 Å². The number of rotatable bonds is 0. The van der Waals surface area contributed by atoms with Crippen molar-refractivity contribution in [1.82, 2.24) is 5.01 Å².